The van der Waals surface area contributed by atoms with Crippen LogP contribution in [0.3, 0.4) is 0 Å². The lowest BCUT2D eigenvalue weighted by Gasteiger charge is -2.63. The van der Waals surface area contributed by atoms with Crippen molar-refractivity contribution >= 4 is 46.6 Å². The standard InChI is InChI=1S/C54H61ClN6O8S/c1-32-45(70-31-58-32)36-11-9-33(10-12-36)28-57-48(65)43-25-39(62)29-61(43)49(66)46(52(2,3)4)59-44(63)30-67-23-24-68-40-20-17-35(18-21-40)34-13-15-37(16-14-34)47(64)60-50-53(5,6)51(54(50,7)8)69-41-22-19-38(27-56)42(55)26-41/h9-22,26,31,39,43,46,50-51,62H,23-25,28-30H2,1-8H3,(H,57,65)(H,59,63)(H,60,64)/t39-,43+,46-,50?,51?/m1/s1. The van der Waals surface area contributed by atoms with Crippen LogP contribution in [0.15, 0.2) is 96.5 Å². The number of aliphatic hydroxyl groups is 1. The zero-order valence-electron chi connectivity index (χ0n) is 40.8. The third kappa shape index (κ3) is 11.6. The minimum Gasteiger partial charge on any atom is -0.491 e. The number of aliphatic hydroxyl groups excluding tert-OH is 1. The van der Waals surface area contributed by atoms with E-state index in [0.29, 0.717) is 27.6 Å². The highest BCUT2D eigenvalue weighted by molar-refractivity contribution is 7.13. The number of aromatic nitrogens is 1. The number of halogens is 1. The predicted molar refractivity (Wildman–Crippen MR) is 269 cm³/mol. The average molecular weight is 990 g/mol. The lowest BCUT2D eigenvalue weighted by molar-refractivity contribution is -0.164. The number of nitrogens with zero attached hydrogens (tertiary/aromatic N) is 3. The quantitative estimate of drug-likeness (QED) is 0.0662. The molecule has 1 saturated heterocycles. The van der Waals surface area contributed by atoms with Gasteiger partial charge in [-0.25, -0.2) is 4.98 Å². The Labute approximate surface area is 418 Å². The van der Waals surface area contributed by atoms with Crippen molar-refractivity contribution in [1.29, 1.82) is 5.26 Å². The summed E-state index contributed by atoms with van der Waals surface area (Å²) in [5, 5.41) is 29.1. The molecule has 7 rings (SSSR count). The summed E-state index contributed by atoms with van der Waals surface area (Å²) in [4.78, 5) is 60.9. The fourth-order valence-electron chi connectivity index (χ4n) is 9.73. The van der Waals surface area contributed by atoms with Crippen molar-refractivity contribution in [3.8, 4) is 39.1 Å². The van der Waals surface area contributed by atoms with Crippen LogP contribution >= 0.6 is 22.9 Å². The van der Waals surface area contributed by atoms with E-state index in [1.807, 2.05) is 93.9 Å². The van der Waals surface area contributed by atoms with E-state index in [-0.39, 0.29) is 63.3 Å². The van der Waals surface area contributed by atoms with Gasteiger partial charge < -0.3 is 40.2 Å². The van der Waals surface area contributed by atoms with E-state index in [4.69, 9.17) is 25.8 Å². The van der Waals surface area contributed by atoms with Gasteiger partial charge in [0, 0.05) is 48.0 Å². The first kappa shape index (κ1) is 51.5. The van der Waals surface area contributed by atoms with Crippen molar-refractivity contribution in [1.82, 2.24) is 25.8 Å². The number of aryl methyl sites for hydroxylation is 1. The number of β-amino-alcohol motifs (C(OH)–C–C–N with tert-alkyl or cyclic N) is 1. The number of carbonyl (C=O) groups is 4. The van der Waals surface area contributed by atoms with Crippen molar-refractivity contribution < 1.29 is 38.5 Å². The maximum Gasteiger partial charge on any atom is 0.251 e. The van der Waals surface area contributed by atoms with Gasteiger partial charge in [0.05, 0.1) is 39.4 Å². The van der Waals surface area contributed by atoms with Crippen molar-refractivity contribution in [2.45, 2.75) is 98.7 Å². The molecule has 2 aliphatic rings. The Bertz CT molecular complexity index is 2710. The topological polar surface area (TPSA) is 192 Å². The number of thiazole rings is 1. The van der Waals surface area contributed by atoms with Gasteiger partial charge >= 0.3 is 0 Å². The summed E-state index contributed by atoms with van der Waals surface area (Å²) in [5.74, 6) is -0.343. The van der Waals surface area contributed by atoms with E-state index in [2.05, 4.69) is 54.7 Å². The Morgan fingerprint density at radius 2 is 1.54 bits per heavy atom. The van der Waals surface area contributed by atoms with Crippen LogP contribution in [0.25, 0.3) is 21.6 Å². The molecule has 0 unspecified atom stereocenters. The predicted octanol–water partition coefficient (Wildman–Crippen LogP) is 8.13. The molecule has 16 heteroatoms. The molecule has 0 radical (unpaired) electrons. The van der Waals surface area contributed by atoms with E-state index < -0.39 is 46.2 Å². The largest absolute Gasteiger partial charge is 0.491 e. The number of carbonyl (C=O) groups excluding carboxylic acids is 4. The molecule has 3 atom stereocenters. The van der Waals surface area contributed by atoms with Gasteiger partial charge in [0.1, 0.15) is 49.0 Å². The van der Waals surface area contributed by atoms with Gasteiger partial charge in [-0.3, -0.25) is 19.2 Å². The van der Waals surface area contributed by atoms with Crippen LogP contribution in [0.1, 0.15) is 82.1 Å². The van der Waals surface area contributed by atoms with Gasteiger partial charge in [0.25, 0.3) is 5.91 Å². The third-order valence-electron chi connectivity index (χ3n) is 13.2. The second kappa shape index (κ2) is 21.4. The smallest absolute Gasteiger partial charge is 0.251 e. The molecule has 2 heterocycles. The summed E-state index contributed by atoms with van der Waals surface area (Å²) < 4.78 is 17.9. The van der Waals surface area contributed by atoms with Crippen LogP contribution in [0.4, 0.5) is 0 Å². The summed E-state index contributed by atoms with van der Waals surface area (Å²) in [6.07, 6.45) is -1.02. The zero-order chi connectivity index (χ0) is 50.5. The Morgan fingerprint density at radius 3 is 2.14 bits per heavy atom. The van der Waals surface area contributed by atoms with Crippen molar-refractivity contribution in [2.24, 2.45) is 16.2 Å². The number of hydrogen-bond acceptors (Lipinski definition) is 11. The molecule has 2 fully saturated rings. The summed E-state index contributed by atoms with van der Waals surface area (Å²) in [7, 11) is 0. The molecule has 1 aliphatic carbocycles. The first-order valence-corrected chi connectivity index (χ1v) is 24.6. The van der Waals surface area contributed by atoms with Crippen LogP contribution in [-0.2, 0) is 25.7 Å². The van der Waals surface area contributed by atoms with E-state index >= 15 is 0 Å². The molecule has 1 aromatic heterocycles. The molecule has 70 heavy (non-hydrogen) atoms. The highest BCUT2D eigenvalue weighted by Crippen LogP contribution is 2.55. The molecule has 1 aliphatic heterocycles. The maximum atomic E-state index is 14.0. The SMILES string of the molecule is Cc1ncsc1-c1ccc(CNC(=O)[C@@H]2C[C@@H](O)CN2C(=O)[C@@H](NC(=O)COCCOc2ccc(-c3ccc(C(=O)NC4C(C)(C)C(Oc5ccc(C#N)c(Cl)c5)C4(C)C)cc3)cc2)C(C)(C)C)cc1. The second-order valence-electron chi connectivity index (χ2n) is 20.2. The van der Waals surface area contributed by atoms with E-state index in [1.54, 1.807) is 41.7 Å². The molecule has 4 aromatic carbocycles. The summed E-state index contributed by atoms with van der Waals surface area (Å²) in [6, 6.07) is 27.8. The number of nitriles is 1. The first-order valence-electron chi connectivity index (χ1n) is 23.3. The van der Waals surface area contributed by atoms with Crippen molar-refractivity contribution in [3.05, 3.63) is 124 Å². The molecule has 1 saturated carbocycles. The number of amides is 4. The first-order chi connectivity index (χ1) is 33.2. The zero-order valence-corrected chi connectivity index (χ0v) is 42.4. The molecular formula is C54H61ClN6O8S. The van der Waals surface area contributed by atoms with E-state index in [1.165, 1.54) is 4.90 Å². The number of rotatable bonds is 17. The Morgan fingerprint density at radius 1 is 0.914 bits per heavy atom. The number of likely N-dealkylation sites (tertiary alicyclic amines) is 1. The normalized spacial score (nSPS) is 19.5. The third-order valence-corrected chi connectivity index (χ3v) is 14.5. The van der Waals surface area contributed by atoms with Crippen LogP contribution in [0.2, 0.25) is 5.02 Å². The van der Waals surface area contributed by atoms with Gasteiger partial charge in [-0.15, -0.1) is 11.3 Å². The minimum absolute atomic E-state index is 0.0285. The van der Waals surface area contributed by atoms with Gasteiger partial charge in [-0.2, -0.15) is 5.26 Å². The molecule has 5 aromatic rings. The van der Waals surface area contributed by atoms with E-state index in [9.17, 15) is 29.5 Å². The fraction of sp³-hybridized carbons (Fsp3) is 0.407. The molecule has 14 nitrogen and oxygen atoms in total. The van der Waals surface area contributed by atoms with Crippen LogP contribution in [-0.4, -0.2) is 95.3 Å². The molecule has 0 spiro atoms. The lowest BCUT2D eigenvalue weighted by Crippen LogP contribution is -2.74. The number of hydrogen-bond donors (Lipinski definition) is 4. The number of nitrogens with one attached hydrogen (secondary N) is 3. The molecule has 368 valence electrons. The fourth-order valence-corrected chi connectivity index (χ4v) is 10.8. The Balaban J connectivity index is 0.839. The van der Waals surface area contributed by atoms with Crippen LogP contribution in [0.5, 0.6) is 11.5 Å². The van der Waals surface area contributed by atoms with Crippen LogP contribution in [0, 0.1) is 34.5 Å². The number of ether oxygens (including phenoxy) is 3. The van der Waals surface area contributed by atoms with E-state index in [0.717, 1.165) is 32.8 Å². The van der Waals surface area contributed by atoms with Crippen molar-refractivity contribution in [2.75, 3.05) is 26.4 Å². The summed E-state index contributed by atoms with van der Waals surface area (Å²) in [6.45, 7) is 15.9. The van der Waals surface area contributed by atoms with Crippen LogP contribution < -0.4 is 25.4 Å². The Hall–Kier alpha value is -6.31. The lowest BCUT2D eigenvalue weighted by atomic mass is 9.49. The van der Waals surface area contributed by atoms with Gasteiger partial charge in [0.15, 0.2) is 0 Å². The van der Waals surface area contributed by atoms with Gasteiger partial charge in [0.2, 0.25) is 17.7 Å². The number of benzene rings is 4. The second-order valence-corrected chi connectivity index (χ2v) is 21.5. The van der Waals surface area contributed by atoms with Gasteiger partial charge in [-0.1, -0.05) is 109 Å². The minimum atomic E-state index is -0.986. The molecule has 4 N–H and O–H groups in total. The summed E-state index contributed by atoms with van der Waals surface area (Å²) in [5.41, 5.74) is 5.95. The maximum absolute atomic E-state index is 14.0. The Kier molecular flexibility index (Phi) is 15.7. The molecule has 0 bridgehead atoms. The summed E-state index contributed by atoms with van der Waals surface area (Å²) >= 11 is 7.82. The molecule has 4 amide bonds. The van der Waals surface area contributed by atoms with Crippen molar-refractivity contribution in [3.63, 3.8) is 0 Å². The highest BCUT2D eigenvalue weighted by Gasteiger charge is 2.64. The average Bonchev–Trinajstić information content (AvgIpc) is 3.95. The highest BCUT2D eigenvalue weighted by atomic mass is 35.5. The molecular weight excluding hydrogens is 928 g/mol. The van der Waals surface area contributed by atoms with Gasteiger partial charge in [-0.05, 0) is 71.0 Å². The monoisotopic (exact) mass is 988 g/mol.